The summed E-state index contributed by atoms with van der Waals surface area (Å²) in [6.45, 7) is 13.7. The van der Waals surface area contributed by atoms with E-state index in [1.807, 2.05) is 41.5 Å². The number of carbonyl (C=O) groups is 2. The van der Waals surface area contributed by atoms with Crippen molar-refractivity contribution in [3.8, 4) is 0 Å². The van der Waals surface area contributed by atoms with Gasteiger partial charge in [0.05, 0.1) is 0 Å². The van der Waals surface area contributed by atoms with Crippen LogP contribution in [-0.4, -0.2) is 48.6 Å². The van der Waals surface area contributed by atoms with Gasteiger partial charge in [-0.1, -0.05) is 34.6 Å². The summed E-state index contributed by atoms with van der Waals surface area (Å²) in [4.78, 5) is 26.9. The Kier molecular flexibility index (Phi) is 6.20. The molecule has 2 unspecified atom stereocenters. The molecule has 0 aliphatic carbocycles. The molecule has 1 aliphatic rings. The van der Waals surface area contributed by atoms with Gasteiger partial charge in [-0.2, -0.15) is 0 Å². The topological polar surface area (TPSA) is 58.6 Å². The third-order valence-corrected chi connectivity index (χ3v) is 3.81. The van der Waals surface area contributed by atoms with Crippen LogP contribution >= 0.6 is 0 Å². The van der Waals surface area contributed by atoms with Gasteiger partial charge >= 0.3 is 0 Å². The summed E-state index contributed by atoms with van der Waals surface area (Å²) in [7, 11) is 0. The first kappa shape index (κ1) is 18.0. The molecule has 0 spiro atoms. The molecule has 0 bridgehead atoms. The van der Waals surface area contributed by atoms with E-state index >= 15 is 0 Å². The zero-order valence-corrected chi connectivity index (χ0v) is 14.2. The molecule has 0 aromatic heterocycles. The van der Waals surface area contributed by atoms with E-state index in [0.29, 0.717) is 19.8 Å². The molecule has 0 aromatic rings. The zero-order chi connectivity index (χ0) is 16.2. The first-order chi connectivity index (χ1) is 9.70. The SMILES string of the molecule is CCOCCCN1C(=O)C(C(C)(C)C)NC(=O)C1C(C)C. The summed E-state index contributed by atoms with van der Waals surface area (Å²) in [5.74, 6) is 0.0835. The average Bonchev–Trinajstić information content (AvgIpc) is 2.36. The minimum Gasteiger partial charge on any atom is -0.382 e. The Morgan fingerprint density at radius 1 is 1.29 bits per heavy atom. The van der Waals surface area contributed by atoms with Gasteiger partial charge in [-0.05, 0) is 24.7 Å². The Morgan fingerprint density at radius 3 is 2.38 bits per heavy atom. The Balaban J connectivity index is 2.88. The number of nitrogens with one attached hydrogen (secondary N) is 1. The Morgan fingerprint density at radius 2 is 1.90 bits per heavy atom. The molecular formula is C16H30N2O3. The Labute approximate surface area is 128 Å². The smallest absolute Gasteiger partial charge is 0.246 e. The molecule has 21 heavy (non-hydrogen) atoms. The summed E-state index contributed by atoms with van der Waals surface area (Å²) < 4.78 is 5.34. The van der Waals surface area contributed by atoms with Crippen molar-refractivity contribution < 1.29 is 14.3 Å². The quantitative estimate of drug-likeness (QED) is 0.761. The van der Waals surface area contributed by atoms with Crippen molar-refractivity contribution in [2.45, 2.75) is 60.0 Å². The molecular weight excluding hydrogens is 268 g/mol. The Hall–Kier alpha value is -1.10. The molecule has 5 nitrogen and oxygen atoms in total. The van der Waals surface area contributed by atoms with Gasteiger partial charge in [0.25, 0.3) is 0 Å². The highest BCUT2D eigenvalue weighted by molar-refractivity contribution is 5.97. The van der Waals surface area contributed by atoms with Crippen molar-refractivity contribution in [3.63, 3.8) is 0 Å². The van der Waals surface area contributed by atoms with Crippen LogP contribution in [0.25, 0.3) is 0 Å². The molecule has 122 valence electrons. The van der Waals surface area contributed by atoms with E-state index in [9.17, 15) is 9.59 Å². The molecule has 0 aromatic carbocycles. The number of piperazine rings is 1. The van der Waals surface area contributed by atoms with Crippen molar-refractivity contribution in [2.75, 3.05) is 19.8 Å². The summed E-state index contributed by atoms with van der Waals surface area (Å²) in [6, 6.07) is -0.829. The zero-order valence-electron chi connectivity index (χ0n) is 14.2. The summed E-state index contributed by atoms with van der Waals surface area (Å²) in [5.41, 5.74) is -0.285. The molecule has 1 rings (SSSR count). The van der Waals surface area contributed by atoms with E-state index in [1.165, 1.54) is 0 Å². The number of ether oxygens (including phenoxy) is 1. The second kappa shape index (κ2) is 7.25. The van der Waals surface area contributed by atoms with Crippen LogP contribution in [0, 0.1) is 11.3 Å². The first-order valence-electron chi connectivity index (χ1n) is 7.88. The van der Waals surface area contributed by atoms with Gasteiger partial charge in [0.2, 0.25) is 11.8 Å². The standard InChI is InChI=1S/C16H30N2O3/c1-7-21-10-8-9-18-12(11(2)3)14(19)17-13(15(18)20)16(4,5)6/h11-13H,7-10H2,1-6H3,(H,17,19). The van der Waals surface area contributed by atoms with Crippen LogP contribution < -0.4 is 5.32 Å². The maximum absolute atomic E-state index is 12.8. The highest BCUT2D eigenvalue weighted by Crippen LogP contribution is 2.27. The molecule has 0 radical (unpaired) electrons. The molecule has 1 heterocycles. The largest absolute Gasteiger partial charge is 0.382 e. The van der Waals surface area contributed by atoms with Crippen molar-refractivity contribution in [3.05, 3.63) is 0 Å². The lowest BCUT2D eigenvalue weighted by Crippen LogP contribution is -2.67. The van der Waals surface area contributed by atoms with Crippen molar-refractivity contribution in [1.82, 2.24) is 10.2 Å². The van der Waals surface area contributed by atoms with Gasteiger partial charge in [0.1, 0.15) is 12.1 Å². The van der Waals surface area contributed by atoms with Gasteiger partial charge in [-0.25, -0.2) is 0 Å². The van der Waals surface area contributed by atoms with E-state index < -0.39 is 6.04 Å². The lowest BCUT2D eigenvalue weighted by Gasteiger charge is -2.44. The minimum atomic E-state index is -0.452. The van der Waals surface area contributed by atoms with Crippen LogP contribution in [0.5, 0.6) is 0 Å². The molecule has 2 atom stereocenters. The van der Waals surface area contributed by atoms with Gasteiger partial charge < -0.3 is 15.0 Å². The van der Waals surface area contributed by atoms with Gasteiger partial charge in [-0.3, -0.25) is 9.59 Å². The molecule has 1 aliphatic heterocycles. The third-order valence-electron chi connectivity index (χ3n) is 3.81. The van der Waals surface area contributed by atoms with Gasteiger partial charge in [0.15, 0.2) is 0 Å². The highest BCUT2D eigenvalue weighted by Gasteiger charge is 2.45. The molecule has 2 amide bonds. The molecule has 0 saturated carbocycles. The van der Waals surface area contributed by atoms with Crippen LogP contribution in [0.15, 0.2) is 0 Å². The lowest BCUT2D eigenvalue weighted by molar-refractivity contribution is -0.154. The molecule has 1 fully saturated rings. The molecule has 1 saturated heterocycles. The third kappa shape index (κ3) is 4.43. The van der Waals surface area contributed by atoms with E-state index in [0.717, 1.165) is 6.42 Å². The predicted molar refractivity (Wildman–Crippen MR) is 82.8 cm³/mol. The number of carbonyl (C=O) groups excluding carboxylic acids is 2. The van der Waals surface area contributed by atoms with Crippen LogP contribution in [0.3, 0.4) is 0 Å². The monoisotopic (exact) mass is 298 g/mol. The fourth-order valence-corrected chi connectivity index (χ4v) is 2.71. The average molecular weight is 298 g/mol. The highest BCUT2D eigenvalue weighted by atomic mass is 16.5. The van der Waals surface area contributed by atoms with Crippen LogP contribution in [-0.2, 0) is 14.3 Å². The second-order valence-electron chi connectivity index (χ2n) is 7.08. The second-order valence-corrected chi connectivity index (χ2v) is 7.08. The molecule has 5 heteroatoms. The number of amides is 2. The fraction of sp³-hybridized carbons (Fsp3) is 0.875. The maximum atomic E-state index is 12.8. The number of hydrogen-bond donors (Lipinski definition) is 1. The first-order valence-corrected chi connectivity index (χ1v) is 7.88. The van der Waals surface area contributed by atoms with Crippen LogP contribution in [0.1, 0.15) is 48.0 Å². The van der Waals surface area contributed by atoms with Crippen molar-refractivity contribution in [2.24, 2.45) is 11.3 Å². The fourth-order valence-electron chi connectivity index (χ4n) is 2.71. The minimum absolute atomic E-state index is 0.0253. The van der Waals surface area contributed by atoms with E-state index in [4.69, 9.17) is 4.74 Å². The van der Waals surface area contributed by atoms with Gasteiger partial charge in [0, 0.05) is 19.8 Å². The van der Waals surface area contributed by atoms with Crippen LogP contribution in [0.2, 0.25) is 0 Å². The van der Waals surface area contributed by atoms with E-state index in [-0.39, 0.29) is 29.2 Å². The summed E-state index contributed by atoms with van der Waals surface area (Å²) in [6.07, 6.45) is 0.757. The normalized spacial score (nSPS) is 23.7. The van der Waals surface area contributed by atoms with E-state index in [2.05, 4.69) is 5.32 Å². The number of hydrogen-bond acceptors (Lipinski definition) is 3. The van der Waals surface area contributed by atoms with Crippen LogP contribution in [0.4, 0.5) is 0 Å². The Bertz CT molecular complexity index is 374. The number of rotatable bonds is 6. The lowest BCUT2D eigenvalue weighted by atomic mass is 9.82. The maximum Gasteiger partial charge on any atom is 0.246 e. The summed E-state index contributed by atoms with van der Waals surface area (Å²) >= 11 is 0. The molecule has 1 N–H and O–H groups in total. The number of nitrogens with zero attached hydrogens (tertiary/aromatic N) is 1. The van der Waals surface area contributed by atoms with Gasteiger partial charge in [-0.15, -0.1) is 0 Å². The van der Waals surface area contributed by atoms with Crippen molar-refractivity contribution >= 4 is 11.8 Å². The summed E-state index contributed by atoms with van der Waals surface area (Å²) in [5, 5.41) is 2.91. The predicted octanol–water partition coefficient (Wildman–Crippen LogP) is 1.81. The van der Waals surface area contributed by atoms with E-state index in [1.54, 1.807) is 4.90 Å². The van der Waals surface area contributed by atoms with Crippen molar-refractivity contribution in [1.29, 1.82) is 0 Å².